The number of benzene rings is 1. The zero-order chi connectivity index (χ0) is 12.4. The number of fused-ring (bicyclic) bond motifs is 1. The van der Waals surface area contributed by atoms with Crippen molar-refractivity contribution in [2.45, 2.75) is 25.7 Å². The van der Waals surface area contributed by atoms with Gasteiger partial charge in [0.25, 0.3) is 0 Å². The summed E-state index contributed by atoms with van der Waals surface area (Å²) in [5.41, 5.74) is 4.16. The fourth-order valence-corrected chi connectivity index (χ4v) is 2.86. The highest BCUT2D eigenvalue weighted by Gasteiger charge is 2.12. The van der Waals surface area contributed by atoms with Crippen molar-refractivity contribution in [1.29, 1.82) is 0 Å². The summed E-state index contributed by atoms with van der Waals surface area (Å²) in [6.07, 6.45) is 4.98. The van der Waals surface area contributed by atoms with Crippen LogP contribution in [0.2, 0.25) is 0 Å². The molecule has 0 aliphatic heterocycles. The molecule has 0 spiro atoms. The Morgan fingerprint density at radius 2 is 1.83 bits per heavy atom. The van der Waals surface area contributed by atoms with E-state index in [9.17, 15) is 0 Å². The van der Waals surface area contributed by atoms with E-state index in [2.05, 4.69) is 44.4 Å². The Balaban J connectivity index is 1.93. The Kier molecular flexibility index (Phi) is 3.33. The van der Waals surface area contributed by atoms with Gasteiger partial charge in [-0.05, 0) is 70.9 Å². The van der Waals surface area contributed by atoms with E-state index in [0.29, 0.717) is 0 Å². The van der Waals surface area contributed by atoms with Gasteiger partial charge in [0.2, 0.25) is 0 Å². The van der Waals surface area contributed by atoms with Crippen LogP contribution < -0.4 is 5.32 Å². The molecule has 3 heteroatoms. The molecule has 0 bridgehead atoms. The summed E-state index contributed by atoms with van der Waals surface area (Å²) in [7, 11) is 0. The van der Waals surface area contributed by atoms with Crippen molar-refractivity contribution in [3.8, 4) is 0 Å². The Morgan fingerprint density at radius 3 is 2.72 bits per heavy atom. The molecule has 0 saturated carbocycles. The van der Waals surface area contributed by atoms with Crippen LogP contribution in [0, 0.1) is 0 Å². The lowest BCUT2D eigenvalue weighted by molar-refractivity contribution is 0.687. The summed E-state index contributed by atoms with van der Waals surface area (Å²) in [5, 5.41) is 3.43. The molecule has 1 aromatic carbocycles. The molecule has 0 amide bonds. The first kappa shape index (κ1) is 11.7. The largest absolute Gasteiger partial charge is 0.340 e. The van der Waals surface area contributed by atoms with Crippen molar-refractivity contribution in [3.05, 3.63) is 52.1 Å². The number of aryl methyl sites for hydroxylation is 1. The van der Waals surface area contributed by atoms with Crippen LogP contribution in [0.25, 0.3) is 0 Å². The number of halogens is 1. The number of nitrogens with zero attached hydrogens (tertiary/aromatic N) is 1. The van der Waals surface area contributed by atoms with Crippen LogP contribution in [0.3, 0.4) is 0 Å². The van der Waals surface area contributed by atoms with E-state index >= 15 is 0 Å². The summed E-state index contributed by atoms with van der Waals surface area (Å²) in [4.78, 5) is 4.42. The van der Waals surface area contributed by atoms with E-state index in [0.717, 1.165) is 10.4 Å². The Morgan fingerprint density at radius 1 is 1.00 bits per heavy atom. The normalized spacial score (nSPS) is 14.1. The third kappa shape index (κ3) is 2.41. The van der Waals surface area contributed by atoms with Crippen molar-refractivity contribution < 1.29 is 0 Å². The molecule has 0 unspecified atom stereocenters. The van der Waals surface area contributed by atoms with Crippen molar-refractivity contribution >= 4 is 27.4 Å². The molecule has 0 fully saturated rings. The number of pyridine rings is 1. The average Bonchev–Trinajstić information content (AvgIpc) is 2.39. The lowest BCUT2D eigenvalue weighted by atomic mass is 9.90. The van der Waals surface area contributed by atoms with Gasteiger partial charge in [0.05, 0.1) is 0 Å². The van der Waals surface area contributed by atoms with Crippen molar-refractivity contribution in [1.82, 2.24) is 4.98 Å². The van der Waals surface area contributed by atoms with Gasteiger partial charge in [-0.2, -0.15) is 0 Å². The highest BCUT2D eigenvalue weighted by atomic mass is 79.9. The maximum Gasteiger partial charge on any atom is 0.131 e. The van der Waals surface area contributed by atoms with Gasteiger partial charge in [-0.15, -0.1) is 0 Å². The van der Waals surface area contributed by atoms with Gasteiger partial charge >= 0.3 is 0 Å². The van der Waals surface area contributed by atoms with Crippen LogP contribution in [-0.4, -0.2) is 4.98 Å². The second-order valence-electron chi connectivity index (χ2n) is 4.62. The standard InChI is InChI=1S/C15H15BrN2/c16-14-9-4-10-15(18-14)17-13-8-3-6-11-5-1-2-7-12(11)13/h3-4,6,8-10H,1-2,5,7H2,(H,17,18). The van der Waals surface area contributed by atoms with E-state index in [1.807, 2.05) is 18.2 Å². The Hall–Kier alpha value is -1.35. The number of nitrogens with one attached hydrogen (secondary N) is 1. The molecule has 1 aromatic heterocycles. The molecule has 0 saturated heterocycles. The zero-order valence-electron chi connectivity index (χ0n) is 10.1. The topological polar surface area (TPSA) is 24.9 Å². The summed E-state index contributed by atoms with van der Waals surface area (Å²) in [5.74, 6) is 0.892. The first-order valence-corrected chi connectivity index (χ1v) is 7.12. The van der Waals surface area contributed by atoms with E-state index < -0.39 is 0 Å². The molecule has 18 heavy (non-hydrogen) atoms. The smallest absolute Gasteiger partial charge is 0.131 e. The van der Waals surface area contributed by atoms with Crippen LogP contribution in [0.5, 0.6) is 0 Å². The highest BCUT2D eigenvalue weighted by Crippen LogP contribution is 2.29. The third-order valence-electron chi connectivity index (χ3n) is 3.37. The predicted octanol–water partition coefficient (Wildman–Crippen LogP) is 4.47. The molecule has 2 aromatic rings. The summed E-state index contributed by atoms with van der Waals surface area (Å²) in [6, 6.07) is 12.4. The maximum atomic E-state index is 4.42. The molecule has 1 heterocycles. The second-order valence-corrected chi connectivity index (χ2v) is 5.43. The number of aromatic nitrogens is 1. The van der Waals surface area contributed by atoms with Gasteiger partial charge in [-0.3, -0.25) is 0 Å². The quantitative estimate of drug-likeness (QED) is 0.828. The van der Waals surface area contributed by atoms with Crippen LogP contribution in [-0.2, 0) is 12.8 Å². The molecular weight excluding hydrogens is 288 g/mol. The maximum absolute atomic E-state index is 4.42. The fourth-order valence-electron chi connectivity index (χ4n) is 2.51. The molecule has 2 nitrogen and oxygen atoms in total. The monoisotopic (exact) mass is 302 g/mol. The second kappa shape index (κ2) is 5.11. The molecule has 92 valence electrons. The molecule has 1 N–H and O–H groups in total. The Bertz CT molecular complexity index is 566. The van der Waals surface area contributed by atoms with Crippen LogP contribution in [0.1, 0.15) is 24.0 Å². The van der Waals surface area contributed by atoms with Gasteiger partial charge in [-0.1, -0.05) is 18.2 Å². The molecule has 1 aliphatic rings. The van der Waals surface area contributed by atoms with Crippen LogP contribution in [0.4, 0.5) is 11.5 Å². The molecule has 1 aliphatic carbocycles. The summed E-state index contributed by atoms with van der Waals surface area (Å²) < 4.78 is 0.859. The Labute approximate surface area is 116 Å². The first-order valence-electron chi connectivity index (χ1n) is 6.33. The molecular formula is C15H15BrN2. The third-order valence-corrected chi connectivity index (χ3v) is 3.82. The summed E-state index contributed by atoms with van der Waals surface area (Å²) in [6.45, 7) is 0. The first-order chi connectivity index (χ1) is 8.83. The minimum atomic E-state index is 0.859. The minimum absolute atomic E-state index is 0.859. The van der Waals surface area contributed by atoms with Gasteiger partial charge in [0.1, 0.15) is 10.4 Å². The van der Waals surface area contributed by atoms with Gasteiger partial charge in [0, 0.05) is 5.69 Å². The highest BCUT2D eigenvalue weighted by molar-refractivity contribution is 9.10. The predicted molar refractivity (Wildman–Crippen MR) is 78.3 cm³/mol. The van der Waals surface area contributed by atoms with Crippen LogP contribution in [0.15, 0.2) is 41.0 Å². The SMILES string of the molecule is Brc1cccc(Nc2cccc3c2CCCC3)n1. The molecule has 0 atom stereocenters. The fraction of sp³-hybridized carbons (Fsp3) is 0.267. The van der Waals surface area contributed by atoms with Crippen molar-refractivity contribution in [2.24, 2.45) is 0 Å². The van der Waals surface area contributed by atoms with Crippen LogP contribution >= 0.6 is 15.9 Å². The van der Waals surface area contributed by atoms with E-state index in [1.54, 1.807) is 0 Å². The molecule has 0 radical (unpaired) electrons. The number of hydrogen-bond donors (Lipinski definition) is 1. The van der Waals surface area contributed by atoms with Gasteiger partial charge in [-0.25, -0.2) is 4.98 Å². The van der Waals surface area contributed by atoms with E-state index in [-0.39, 0.29) is 0 Å². The zero-order valence-corrected chi connectivity index (χ0v) is 11.7. The summed E-state index contributed by atoms with van der Waals surface area (Å²) >= 11 is 3.40. The van der Waals surface area contributed by atoms with Gasteiger partial charge in [0.15, 0.2) is 0 Å². The van der Waals surface area contributed by atoms with Crippen molar-refractivity contribution in [3.63, 3.8) is 0 Å². The average molecular weight is 303 g/mol. The minimum Gasteiger partial charge on any atom is -0.340 e. The number of rotatable bonds is 2. The lowest BCUT2D eigenvalue weighted by Crippen LogP contribution is -2.06. The van der Waals surface area contributed by atoms with Crippen molar-refractivity contribution in [2.75, 3.05) is 5.32 Å². The molecule has 3 rings (SSSR count). The number of hydrogen-bond acceptors (Lipinski definition) is 2. The van der Waals surface area contributed by atoms with E-state index in [1.165, 1.54) is 42.5 Å². The number of anilines is 2. The van der Waals surface area contributed by atoms with E-state index in [4.69, 9.17) is 0 Å². The van der Waals surface area contributed by atoms with Gasteiger partial charge < -0.3 is 5.32 Å². The lowest BCUT2D eigenvalue weighted by Gasteiger charge is -2.19.